The maximum absolute atomic E-state index is 12.3. The van der Waals surface area contributed by atoms with Gasteiger partial charge < -0.3 is 5.32 Å². The molecule has 0 aliphatic carbocycles. The number of carbonyl (C=O) groups excluding carboxylic acids is 1. The predicted molar refractivity (Wildman–Crippen MR) is 99.5 cm³/mol. The average Bonchev–Trinajstić information content (AvgIpc) is 2.95. The average molecular weight is 351 g/mol. The third kappa shape index (κ3) is 4.44. The van der Waals surface area contributed by atoms with E-state index in [1.54, 1.807) is 13.0 Å². The monoisotopic (exact) mass is 351 g/mol. The summed E-state index contributed by atoms with van der Waals surface area (Å²) in [7, 11) is 0. The number of anilines is 1. The fourth-order valence-electron chi connectivity index (χ4n) is 2.72. The lowest BCUT2D eigenvalue weighted by molar-refractivity contribution is -0.116. The zero-order valence-corrected chi connectivity index (χ0v) is 14.8. The number of benzene rings is 1. The van der Waals surface area contributed by atoms with Gasteiger partial charge in [-0.15, -0.1) is 0 Å². The molecule has 2 heterocycles. The smallest absolute Gasteiger partial charge is 0.252 e. The van der Waals surface area contributed by atoms with Crippen LogP contribution in [0.1, 0.15) is 29.8 Å². The van der Waals surface area contributed by atoms with Gasteiger partial charge in [-0.3, -0.25) is 14.6 Å². The minimum absolute atomic E-state index is 0.0999. The van der Waals surface area contributed by atoms with E-state index < -0.39 is 0 Å². The Morgan fingerprint density at radius 3 is 2.65 bits per heavy atom. The summed E-state index contributed by atoms with van der Waals surface area (Å²) in [5, 5.41) is 7.17. The summed E-state index contributed by atoms with van der Waals surface area (Å²) in [6.45, 7) is 3.55. The van der Waals surface area contributed by atoms with E-state index in [1.807, 2.05) is 25.1 Å². The van der Waals surface area contributed by atoms with Crippen LogP contribution in [0.2, 0.25) is 0 Å². The second kappa shape index (κ2) is 7.77. The van der Waals surface area contributed by atoms with E-state index in [-0.39, 0.29) is 17.4 Å². The molecule has 0 saturated heterocycles. The van der Waals surface area contributed by atoms with E-state index >= 15 is 0 Å². The Morgan fingerprint density at radius 1 is 1.15 bits per heavy atom. The van der Waals surface area contributed by atoms with Crippen LogP contribution in [-0.4, -0.2) is 25.7 Å². The third-order valence-corrected chi connectivity index (χ3v) is 3.87. The highest BCUT2D eigenvalue weighted by Crippen LogP contribution is 2.15. The number of aromatic amines is 1. The fourth-order valence-corrected chi connectivity index (χ4v) is 2.72. The number of H-pyrrole nitrogens is 1. The highest BCUT2D eigenvalue weighted by molar-refractivity contribution is 5.90. The molecule has 3 aromatic rings. The van der Waals surface area contributed by atoms with Gasteiger partial charge in [0.1, 0.15) is 5.82 Å². The molecule has 1 amide bonds. The number of carbonyl (C=O) groups is 1. The number of amides is 1. The van der Waals surface area contributed by atoms with Gasteiger partial charge in [0.15, 0.2) is 0 Å². The molecular weight excluding hydrogens is 330 g/mol. The Balaban J connectivity index is 1.68. The molecule has 134 valence electrons. The van der Waals surface area contributed by atoms with Crippen LogP contribution in [0.5, 0.6) is 0 Å². The van der Waals surface area contributed by atoms with Crippen molar-refractivity contribution in [3.63, 3.8) is 0 Å². The summed E-state index contributed by atoms with van der Waals surface area (Å²) >= 11 is 0. The van der Waals surface area contributed by atoms with Gasteiger partial charge in [-0.25, -0.2) is 4.98 Å². The van der Waals surface area contributed by atoms with Crippen LogP contribution in [0, 0.1) is 13.8 Å². The van der Waals surface area contributed by atoms with E-state index in [0.717, 1.165) is 12.8 Å². The van der Waals surface area contributed by atoms with Gasteiger partial charge >= 0.3 is 0 Å². The lowest BCUT2D eigenvalue weighted by Crippen LogP contribution is -2.18. The largest absolute Gasteiger partial charge is 0.310 e. The molecule has 7 nitrogen and oxygen atoms in total. The van der Waals surface area contributed by atoms with E-state index in [4.69, 9.17) is 0 Å². The minimum atomic E-state index is -0.263. The Kier molecular flexibility index (Phi) is 5.26. The summed E-state index contributed by atoms with van der Waals surface area (Å²) in [6, 6.07) is 13.2. The van der Waals surface area contributed by atoms with Gasteiger partial charge in [0.05, 0.1) is 5.69 Å². The molecule has 26 heavy (non-hydrogen) atoms. The first-order valence-electron chi connectivity index (χ1n) is 8.50. The summed E-state index contributed by atoms with van der Waals surface area (Å²) in [5.41, 5.74) is 2.24. The molecule has 7 heteroatoms. The van der Waals surface area contributed by atoms with Crippen LogP contribution in [0.15, 0.2) is 47.3 Å². The van der Waals surface area contributed by atoms with Crippen LogP contribution in [0.25, 0.3) is 5.95 Å². The first-order chi connectivity index (χ1) is 12.5. The van der Waals surface area contributed by atoms with Crippen molar-refractivity contribution in [2.75, 3.05) is 5.32 Å². The zero-order valence-electron chi connectivity index (χ0n) is 14.8. The second-order valence-corrected chi connectivity index (χ2v) is 6.18. The molecule has 0 aliphatic rings. The predicted octanol–water partition coefficient (Wildman–Crippen LogP) is 2.53. The molecule has 0 radical (unpaired) electrons. The highest BCUT2D eigenvalue weighted by Gasteiger charge is 2.13. The molecule has 0 saturated carbocycles. The zero-order chi connectivity index (χ0) is 18.5. The number of nitrogens with one attached hydrogen (secondary N) is 2. The number of nitrogens with zero attached hydrogens (tertiary/aromatic N) is 3. The molecule has 2 aromatic heterocycles. The van der Waals surface area contributed by atoms with Crippen molar-refractivity contribution in [3.8, 4) is 5.95 Å². The topological polar surface area (TPSA) is 92.7 Å². The molecular formula is C19H21N5O2. The molecule has 0 fully saturated rings. The van der Waals surface area contributed by atoms with Gasteiger partial charge in [0.25, 0.3) is 5.56 Å². The van der Waals surface area contributed by atoms with Gasteiger partial charge in [-0.2, -0.15) is 9.78 Å². The lowest BCUT2D eigenvalue weighted by Gasteiger charge is -2.08. The van der Waals surface area contributed by atoms with Crippen molar-refractivity contribution in [2.24, 2.45) is 0 Å². The van der Waals surface area contributed by atoms with Crippen molar-refractivity contribution in [1.29, 1.82) is 0 Å². The molecule has 1 aromatic carbocycles. The van der Waals surface area contributed by atoms with Crippen LogP contribution < -0.4 is 10.9 Å². The summed E-state index contributed by atoms with van der Waals surface area (Å²) in [6.07, 6.45) is 2.00. The normalized spacial score (nSPS) is 10.7. The molecule has 0 aliphatic heterocycles. The molecule has 3 rings (SSSR count). The molecule has 0 bridgehead atoms. The highest BCUT2D eigenvalue weighted by atomic mass is 16.1. The summed E-state index contributed by atoms with van der Waals surface area (Å²) < 4.78 is 1.44. The Hall–Kier alpha value is -3.22. The number of aromatic nitrogens is 4. The van der Waals surface area contributed by atoms with Crippen LogP contribution >= 0.6 is 0 Å². The molecule has 0 spiro atoms. The number of rotatable bonds is 6. The molecule has 0 atom stereocenters. The van der Waals surface area contributed by atoms with Gasteiger partial charge in [0, 0.05) is 24.2 Å². The first kappa shape index (κ1) is 17.6. The van der Waals surface area contributed by atoms with Crippen LogP contribution in [0.4, 0.5) is 5.82 Å². The Morgan fingerprint density at radius 2 is 1.92 bits per heavy atom. The van der Waals surface area contributed by atoms with Gasteiger partial charge in [0.2, 0.25) is 11.9 Å². The SMILES string of the molecule is Cc1cc(=O)[nH]c(-n2nc(C)cc2NC(=O)CCCc2ccccc2)n1. The van der Waals surface area contributed by atoms with E-state index in [1.165, 1.54) is 16.3 Å². The van der Waals surface area contributed by atoms with Crippen LogP contribution in [0.3, 0.4) is 0 Å². The summed E-state index contributed by atoms with van der Waals surface area (Å²) in [5.74, 6) is 0.667. The molecule has 2 N–H and O–H groups in total. The third-order valence-electron chi connectivity index (χ3n) is 3.87. The van der Waals surface area contributed by atoms with Crippen LogP contribution in [-0.2, 0) is 11.2 Å². The maximum atomic E-state index is 12.3. The van der Waals surface area contributed by atoms with Gasteiger partial charge in [-0.1, -0.05) is 30.3 Å². The maximum Gasteiger partial charge on any atom is 0.252 e. The number of aryl methyl sites for hydroxylation is 3. The first-order valence-corrected chi connectivity index (χ1v) is 8.50. The molecule has 0 unspecified atom stereocenters. The van der Waals surface area contributed by atoms with Crippen molar-refractivity contribution in [2.45, 2.75) is 33.1 Å². The van der Waals surface area contributed by atoms with Crippen molar-refractivity contribution < 1.29 is 4.79 Å². The van der Waals surface area contributed by atoms with E-state index in [9.17, 15) is 9.59 Å². The number of hydrogen-bond donors (Lipinski definition) is 2. The Bertz CT molecular complexity index is 960. The fraction of sp³-hybridized carbons (Fsp3) is 0.263. The van der Waals surface area contributed by atoms with Crippen molar-refractivity contribution in [1.82, 2.24) is 19.7 Å². The lowest BCUT2D eigenvalue weighted by atomic mass is 10.1. The number of hydrogen-bond acceptors (Lipinski definition) is 4. The van der Waals surface area contributed by atoms with Crippen molar-refractivity contribution in [3.05, 3.63) is 69.8 Å². The Labute approximate surface area is 151 Å². The standard InChI is InChI=1S/C19H21N5O2/c1-13-12-18(26)22-19(20-13)24-16(11-14(2)23-24)21-17(25)10-6-9-15-7-4-3-5-8-15/h3-5,7-8,11-12H,6,9-10H2,1-2H3,(H,21,25)(H,20,22,26). The van der Waals surface area contributed by atoms with E-state index in [2.05, 4.69) is 32.5 Å². The second-order valence-electron chi connectivity index (χ2n) is 6.18. The van der Waals surface area contributed by atoms with E-state index in [0.29, 0.717) is 23.6 Å². The summed E-state index contributed by atoms with van der Waals surface area (Å²) in [4.78, 5) is 30.9. The van der Waals surface area contributed by atoms with Gasteiger partial charge in [-0.05, 0) is 32.3 Å². The minimum Gasteiger partial charge on any atom is -0.310 e. The van der Waals surface area contributed by atoms with Crippen molar-refractivity contribution >= 4 is 11.7 Å². The quantitative estimate of drug-likeness (QED) is 0.714.